The van der Waals surface area contributed by atoms with Crippen LogP contribution in [0.4, 0.5) is 5.69 Å². The van der Waals surface area contributed by atoms with Gasteiger partial charge in [0, 0.05) is 32.9 Å². The smallest absolute Gasteiger partial charge is 0.273 e. The number of carbonyl (C=O) groups excluding carboxylic acids is 3. The second-order valence-electron chi connectivity index (χ2n) is 5.06. The number of nitrogens with one attached hydrogen (secondary N) is 1. The molecule has 2 rings (SSSR count). The fourth-order valence-corrected chi connectivity index (χ4v) is 2.58. The third-order valence-corrected chi connectivity index (χ3v) is 3.69. The highest BCUT2D eigenvalue weighted by atomic mass is 35.5. The summed E-state index contributed by atoms with van der Waals surface area (Å²) in [4.78, 5) is 36.7. The van der Waals surface area contributed by atoms with Crippen LogP contribution in [0.15, 0.2) is 29.3 Å². The van der Waals surface area contributed by atoms with Crippen LogP contribution in [0.2, 0.25) is 0 Å². The topological polar surface area (TPSA) is 75.7 Å². The Labute approximate surface area is 139 Å². The van der Waals surface area contributed by atoms with Crippen LogP contribution in [0.1, 0.15) is 18.9 Å². The minimum absolute atomic E-state index is 0.0836. The summed E-state index contributed by atoms with van der Waals surface area (Å²) in [6, 6.07) is 6.60. The number of imide groups is 1. The van der Waals surface area contributed by atoms with Gasteiger partial charge in [0.1, 0.15) is 5.03 Å². The van der Waals surface area contributed by atoms with E-state index in [0.29, 0.717) is 24.3 Å². The molecule has 1 heterocycles. The van der Waals surface area contributed by atoms with Crippen LogP contribution in [-0.2, 0) is 19.1 Å². The summed E-state index contributed by atoms with van der Waals surface area (Å²) in [6.07, 6.45) is 0.549. The summed E-state index contributed by atoms with van der Waals surface area (Å²) in [5, 5.41) is 2.55. The van der Waals surface area contributed by atoms with E-state index in [2.05, 4.69) is 5.32 Å². The highest BCUT2D eigenvalue weighted by Gasteiger charge is 2.37. The zero-order valence-electron chi connectivity index (χ0n) is 12.9. The first-order valence-corrected chi connectivity index (χ1v) is 7.46. The molecule has 23 heavy (non-hydrogen) atoms. The Morgan fingerprint density at radius 1 is 1.22 bits per heavy atom. The first-order valence-electron chi connectivity index (χ1n) is 7.08. The van der Waals surface area contributed by atoms with Gasteiger partial charge in [-0.25, -0.2) is 0 Å². The summed E-state index contributed by atoms with van der Waals surface area (Å²) in [6.45, 7) is 2.12. The molecule has 3 amide bonds. The number of benzene rings is 1. The number of hydrogen-bond acceptors (Lipinski definition) is 4. The number of rotatable bonds is 6. The van der Waals surface area contributed by atoms with Crippen LogP contribution < -0.4 is 5.32 Å². The molecule has 7 heteroatoms. The summed E-state index contributed by atoms with van der Waals surface area (Å²) in [5.74, 6) is -1.09. The Morgan fingerprint density at radius 2 is 1.87 bits per heavy atom. The van der Waals surface area contributed by atoms with Crippen molar-refractivity contribution >= 4 is 40.6 Å². The summed E-state index contributed by atoms with van der Waals surface area (Å²) >= 11 is 6.06. The Hall–Kier alpha value is -2.18. The lowest BCUT2D eigenvalue weighted by Gasteiger charge is -2.14. The molecule has 0 radical (unpaired) electrons. The van der Waals surface area contributed by atoms with Gasteiger partial charge in [0.2, 0.25) is 5.91 Å². The van der Waals surface area contributed by atoms with Crippen molar-refractivity contribution in [3.05, 3.63) is 34.9 Å². The fourth-order valence-electron chi connectivity index (χ4n) is 2.29. The molecular formula is C16H17ClN2O4. The molecule has 1 aliphatic heterocycles. The van der Waals surface area contributed by atoms with Gasteiger partial charge in [0.25, 0.3) is 11.8 Å². The van der Waals surface area contributed by atoms with Crippen LogP contribution in [0, 0.1) is 0 Å². The third-order valence-electron chi connectivity index (χ3n) is 3.34. The van der Waals surface area contributed by atoms with E-state index < -0.39 is 11.8 Å². The largest absolute Gasteiger partial charge is 0.385 e. The Balaban J connectivity index is 2.19. The van der Waals surface area contributed by atoms with E-state index in [4.69, 9.17) is 16.3 Å². The second kappa shape index (κ2) is 7.39. The average Bonchev–Trinajstić information content (AvgIpc) is 2.71. The Bertz CT molecular complexity index is 667. The van der Waals surface area contributed by atoms with Gasteiger partial charge in [-0.3, -0.25) is 19.3 Å². The van der Waals surface area contributed by atoms with Crippen molar-refractivity contribution in [1.29, 1.82) is 0 Å². The van der Waals surface area contributed by atoms with Crippen LogP contribution in [0.25, 0.3) is 5.57 Å². The molecule has 1 N–H and O–H groups in total. The van der Waals surface area contributed by atoms with Crippen LogP contribution >= 0.6 is 11.6 Å². The average molecular weight is 337 g/mol. The lowest BCUT2D eigenvalue weighted by molar-refractivity contribution is -0.136. The van der Waals surface area contributed by atoms with Gasteiger partial charge < -0.3 is 10.1 Å². The van der Waals surface area contributed by atoms with Gasteiger partial charge in [-0.05, 0) is 24.1 Å². The molecule has 0 saturated carbocycles. The SMILES string of the molecule is COCCCN1C(=O)C(Cl)=C(c2ccc(NC(C)=O)cc2)C1=O. The van der Waals surface area contributed by atoms with Gasteiger partial charge in [0.15, 0.2) is 0 Å². The van der Waals surface area contributed by atoms with Crippen LogP contribution in [0.5, 0.6) is 0 Å². The van der Waals surface area contributed by atoms with Gasteiger partial charge in [0.05, 0.1) is 5.57 Å². The van der Waals surface area contributed by atoms with E-state index in [9.17, 15) is 14.4 Å². The molecule has 0 bridgehead atoms. The lowest BCUT2D eigenvalue weighted by atomic mass is 10.1. The summed E-state index contributed by atoms with van der Waals surface area (Å²) in [7, 11) is 1.56. The number of halogens is 1. The van der Waals surface area contributed by atoms with Crippen LogP contribution in [-0.4, -0.2) is 42.9 Å². The minimum atomic E-state index is -0.492. The molecule has 1 aromatic carbocycles. The number of hydrogen-bond donors (Lipinski definition) is 1. The normalized spacial score (nSPS) is 14.7. The maximum absolute atomic E-state index is 12.4. The highest BCUT2D eigenvalue weighted by molar-refractivity contribution is 6.55. The van der Waals surface area contributed by atoms with Crippen molar-refractivity contribution in [1.82, 2.24) is 4.90 Å². The predicted octanol–water partition coefficient (Wildman–Crippen LogP) is 2.00. The Kier molecular flexibility index (Phi) is 5.52. The van der Waals surface area contributed by atoms with E-state index in [1.54, 1.807) is 31.4 Å². The first-order chi connectivity index (χ1) is 11.0. The molecule has 0 fully saturated rings. The maximum atomic E-state index is 12.4. The van der Waals surface area contributed by atoms with E-state index in [0.717, 1.165) is 4.90 Å². The zero-order valence-corrected chi connectivity index (χ0v) is 13.6. The maximum Gasteiger partial charge on any atom is 0.273 e. The van der Waals surface area contributed by atoms with Crippen molar-refractivity contribution in [2.45, 2.75) is 13.3 Å². The second-order valence-corrected chi connectivity index (χ2v) is 5.43. The molecule has 122 valence electrons. The molecule has 0 aliphatic carbocycles. The number of methoxy groups -OCH3 is 1. The van der Waals surface area contributed by atoms with E-state index in [1.165, 1.54) is 6.92 Å². The van der Waals surface area contributed by atoms with Gasteiger partial charge in [-0.15, -0.1) is 0 Å². The Morgan fingerprint density at radius 3 is 2.43 bits per heavy atom. The molecule has 0 atom stereocenters. The molecular weight excluding hydrogens is 320 g/mol. The van der Waals surface area contributed by atoms with Gasteiger partial charge in [-0.2, -0.15) is 0 Å². The lowest BCUT2D eigenvalue weighted by Crippen LogP contribution is -2.32. The highest BCUT2D eigenvalue weighted by Crippen LogP contribution is 2.32. The van der Waals surface area contributed by atoms with E-state index >= 15 is 0 Å². The number of carbonyl (C=O) groups is 3. The van der Waals surface area contributed by atoms with E-state index in [1.807, 2.05) is 0 Å². The van der Waals surface area contributed by atoms with Gasteiger partial charge in [-0.1, -0.05) is 23.7 Å². The molecule has 1 aliphatic rings. The monoisotopic (exact) mass is 336 g/mol. The standard InChI is InChI=1S/C16H17ClN2O4/c1-10(20)18-12-6-4-11(5-7-12)13-14(17)16(22)19(15(13)21)8-3-9-23-2/h4-7H,3,8-9H2,1-2H3,(H,18,20). The number of amides is 3. The van der Waals surface area contributed by atoms with E-state index in [-0.39, 0.29) is 23.1 Å². The van der Waals surface area contributed by atoms with Crippen LogP contribution in [0.3, 0.4) is 0 Å². The quantitative estimate of drug-likeness (QED) is 0.637. The number of ether oxygens (including phenoxy) is 1. The molecule has 1 aromatic rings. The zero-order chi connectivity index (χ0) is 17.0. The van der Waals surface area contributed by atoms with Crippen molar-refractivity contribution in [2.24, 2.45) is 0 Å². The summed E-state index contributed by atoms with van der Waals surface area (Å²) < 4.78 is 4.92. The minimum Gasteiger partial charge on any atom is -0.385 e. The predicted molar refractivity (Wildman–Crippen MR) is 86.7 cm³/mol. The van der Waals surface area contributed by atoms with Gasteiger partial charge >= 0.3 is 0 Å². The molecule has 0 spiro atoms. The molecule has 0 unspecified atom stereocenters. The third kappa shape index (κ3) is 3.78. The van der Waals surface area contributed by atoms with Crippen molar-refractivity contribution in [3.63, 3.8) is 0 Å². The fraction of sp³-hybridized carbons (Fsp3) is 0.312. The number of nitrogens with zero attached hydrogens (tertiary/aromatic N) is 1. The molecule has 6 nitrogen and oxygen atoms in total. The molecule has 0 saturated heterocycles. The first kappa shape index (κ1) is 17.2. The molecule has 0 aromatic heterocycles. The number of anilines is 1. The van der Waals surface area contributed by atoms with Crippen molar-refractivity contribution in [2.75, 3.05) is 25.6 Å². The summed E-state index contributed by atoms with van der Waals surface area (Å²) in [5.41, 5.74) is 1.33. The van der Waals surface area contributed by atoms with Crippen molar-refractivity contribution < 1.29 is 19.1 Å². The van der Waals surface area contributed by atoms with Crippen molar-refractivity contribution in [3.8, 4) is 0 Å².